The lowest BCUT2D eigenvalue weighted by Crippen LogP contribution is -2.48. The van der Waals surface area contributed by atoms with Crippen molar-refractivity contribution in [2.75, 3.05) is 12.0 Å². The number of carbonyl (C=O) groups is 2. The smallest absolute Gasteiger partial charge is 0.326 e. The second-order valence-corrected chi connectivity index (χ2v) is 6.54. The molecule has 1 aromatic carbocycles. The summed E-state index contributed by atoms with van der Waals surface area (Å²) in [5.41, 5.74) is 2.02. The molecule has 0 saturated heterocycles. The van der Waals surface area contributed by atoms with Crippen LogP contribution in [0, 0.1) is 0 Å². The molecular weight excluding hydrogens is 342 g/mol. The Bertz CT molecular complexity index is 535. The zero-order chi connectivity index (χ0) is 14.7. The number of hydrogen-bond donors (Lipinski definition) is 1. The topological polar surface area (TPSA) is 57.6 Å². The van der Waals surface area contributed by atoms with E-state index in [9.17, 15) is 14.7 Å². The molecule has 6 heteroatoms. The largest absolute Gasteiger partial charge is 0.480 e. The number of hydrogen-bond acceptors (Lipinski definition) is 3. The minimum Gasteiger partial charge on any atom is -0.480 e. The summed E-state index contributed by atoms with van der Waals surface area (Å²) < 4.78 is 0.914. The quantitative estimate of drug-likeness (QED) is 0.899. The Kier molecular flexibility index (Phi) is 5.10. The Labute approximate surface area is 130 Å². The number of thioether (sulfide) groups is 1. The summed E-state index contributed by atoms with van der Waals surface area (Å²) in [4.78, 5) is 25.1. The molecule has 0 radical (unpaired) electrons. The van der Waals surface area contributed by atoms with Gasteiger partial charge < -0.3 is 10.0 Å². The van der Waals surface area contributed by atoms with Crippen LogP contribution in [0.1, 0.15) is 17.5 Å². The Hall–Kier alpha value is -1.01. The van der Waals surface area contributed by atoms with E-state index in [2.05, 4.69) is 15.9 Å². The van der Waals surface area contributed by atoms with E-state index in [0.29, 0.717) is 25.1 Å². The third kappa shape index (κ3) is 3.17. The van der Waals surface area contributed by atoms with Crippen LogP contribution in [0.25, 0.3) is 0 Å². The maximum absolute atomic E-state index is 12.2. The summed E-state index contributed by atoms with van der Waals surface area (Å²) in [6, 6.07) is 5.00. The zero-order valence-corrected chi connectivity index (χ0v) is 13.5. The van der Waals surface area contributed by atoms with E-state index in [1.807, 2.05) is 24.5 Å². The van der Waals surface area contributed by atoms with Gasteiger partial charge in [0.2, 0.25) is 5.91 Å². The Morgan fingerprint density at radius 3 is 2.90 bits per heavy atom. The van der Waals surface area contributed by atoms with E-state index in [4.69, 9.17) is 0 Å². The molecule has 1 unspecified atom stereocenters. The number of nitrogens with zero attached hydrogens (tertiary/aromatic N) is 1. The van der Waals surface area contributed by atoms with E-state index >= 15 is 0 Å². The molecule has 0 spiro atoms. The van der Waals surface area contributed by atoms with Gasteiger partial charge >= 0.3 is 5.97 Å². The van der Waals surface area contributed by atoms with E-state index in [0.717, 1.165) is 15.6 Å². The van der Waals surface area contributed by atoms with Gasteiger partial charge in [-0.15, -0.1) is 0 Å². The number of carbonyl (C=O) groups excluding carboxylic acids is 1. The van der Waals surface area contributed by atoms with Gasteiger partial charge in [0.15, 0.2) is 0 Å². The molecule has 2 rings (SSSR count). The van der Waals surface area contributed by atoms with E-state index in [-0.39, 0.29) is 5.91 Å². The standard InChI is InChI=1S/C14H16BrNO3S/c1-20-6-5-13(17)16-8-9-3-2-4-11(15)10(9)7-12(16)14(18)19/h2-4,12H,5-8H2,1H3,(H,18,19). The van der Waals surface area contributed by atoms with Crippen molar-refractivity contribution < 1.29 is 14.7 Å². The van der Waals surface area contributed by atoms with Gasteiger partial charge in [0.05, 0.1) is 0 Å². The summed E-state index contributed by atoms with van der Waals surface area (Å²) in [6.45, 7) is 0.374. The van der Waals surface area contributed by atoms with Crippen molar-refractivity contribution in [1.82, 2.24) is 4.90 Å². The van der Waals surface area contributed by atoms with Crippen molar-refractivity contribution in [2.24, 2.45) is 0 Å². The lowest BCUT2D eigenvalue weighted by molar-refractivity contribution is -0.151. The average molecular weight is 358 g/mol. The number of amides is 1. The number of carboxylic acid groups (broad SMARTS) is 1. The van der Waals surface area contributed by atoms with Gasteiger partial charge in [0.1, 0.15) is 6.04 Å². The SMILES string of the molecule is CSCCC(=O)N1Cc2cccc(Br)c2CC1C(=O)O. The van der Waals surface area contributed by atoms with Crippen LogP contribution >= 0.6 is 27.7 Å². The first kappa shape index (κ1) is 15.4. The normalized spacial score (nSPS) is 17.7. The van der Waals surface area contributed by atoms with Crippen molar-refractivity contribution in [1.29, 1.82) is 0 Å². The fourth-order valence-corrected chi connectivity index (χ4v) is 3.34. The second kappa shape index (κ2) is 6.63. The monoisotopic (exact) mass is 357 g/mol. The van der Waals surface area contributed by atoms with Crippen LogP contribution in [0.3, 0.4) is 0 Å². The highest BCUT2D eigenvalue weighted by atomic mass is 79.9. The van der Waals surface area contributed by atoms with Crippen LogP contribution in [-0.2, 0) is 22.6 Å². The van der Waals surface area contributed by atoms with Crippen LogP contribution < -0.4 is 0 Å². The van der Waals surface area contributed by atoms with Crippen molar-refractivity contribution in [3.8, 4) is 0 Å². The predicted molar refractivity (Wildman–Crippen MR) is 82.8 cm³/mol. The van der Waals surface area contributed by atoms with Gasteiger partial charge in [-0.3, -0.25) is 4.79 Å². The Balaban J connectivity index is 2.28. The molecule has 0 aliphatic carbocycles. The van der Waals surface area contributed by atoms with Gasteiger partial charge in [-0.05, 0) is 23.4 Å². The molecule has 1 aromatic rings. The molecule has 108 valence electrons. The molecule has 0 aromatic heterocycles. The molecule has 0 fully saturated rings. The molecule has 4 nitrogen and oxygen atoms in total. The Morgan fingerprint density at radius 2 is 2.25 bits per heavy atom. The minimum absolute atomic E-state index is 0.0858. The number of rotatable bonds is 4. The number of benzene rings is 1. The minimum atomic E-state index is -0.941. The molecule has 0 saturated carbocycles. The summed E-state index contributed by atoms with van der Waals surface area (Å²) >= 11 is 5.05. The van der Waals surface area contributed by atoms with Crippen LogP contribution in [0.4, 0.5) is 0 Å². The van der Waals surface area contributed by atoms with Gasteiger partial charge in [-0.25, -0.2) is 4.79 Å². The fraction of sp³-hybridized carbons (Fsp3) is 0.429. The van der Waals surface area contributed by atoms with Crippen LogP contribution in [0.15, 0.2) is 22.7 Å². The summed E-state index contributed by atoms with van der Waals surface area (Å²) in [7, 11) is 0. The molecular formula is C14H16BrNO3S. The van der Waals surface area contributed by atoms with E-state index in [1.54, 1.807) is 11.8 Å². The molecule has 20 heavy (non-hydrogen) atoms. The maximum atomic E-state index is 12.2. The van der Waals surface area contributed by atoms with Gasteiger partial charge in [-0.1, -0.05) is 28.1 Å². The second-order valence-electron chi connectivity index (χ2n) is 4.70. The molecule has 1 atom stereocenters. The number of fused-ring (bicyclic) bond motifs is 1. The lowest BCUT2D eigenvalue weighted by Gasteiger charge is -2.35. The predicted octanol–water partition coefficient (Wildman–Crippen LogP) is 2.54. The molecule has 1 aliphatic heterocycles. The van der Waals surface area contributed by atoms with E-state index < -0.39 is 12.0 Å². The number of halogens is 1. The lowest BCUT2D eigenvalue weighted by atomic mass is 9.93. The summed E-state index contributed by atoms with van der Waals surface area (Å²) in [6.07, 6.45) is 2.68. The van der Waals surface area contributed by atoms with Crippen molar-refractivity contribution >= 4 is 39.6 Å². The average Bonchev–Trinajstić information content (AvgIpc) is 2.43. The van der Waals surface area contributed by atoms with E-state index in [1.165, 1.54) is 4.90 Å². The van der Waals surface area contributed by atoms with Gasteiger partial charge in [-0.2, -0.15) is 11.8 Å². The first-order valence-corrected chi connectivity index (χ1v) is 8.50. The first-order chi connectivity index (χ1) is 9.54. The summed E-state index contributed by atoms with van der Waals surface area (Å²) in [5, 5.41) is 9.39. The van der Waals surface area contributed by atoms with Crippen LogP contribution in [-0.4, -0.2) is 39.9 Å². The van der Waals surface area contributed by atoms with Gasteiger partial charge in [0, 0.05) is 29.6 Å². The van der Waals surface area contributed by atoms with Crippen molar-refractivity contribution in [2.45, 2.75) is 25.4 Å². The third-order valence-electron chi connectivity index (χ3n) is 3.46. The highest BCUT2D eigenvalue weighted by molar-refractivity contribution is 9.10. The molecule has 1 aliphatic rings. The van der Waals surface area contributed by atoms with Crippen molar-refractivity contribution in [3.05, 3.63) is 33.8 Å². The molecule has 1 N–H and O–H groups in total. The molecule has 1 heterocycles. The highest BCUT2D eigenvalue weighted by Crippen LogP contribution is 2.30. The van der Waals surface area contributed by atoms with Gasteiger partial charge in [0.25, 0.3) is 0 Å². The highest BCUT2D eigenvalue weighted by Gasteiger charge is 2.34. The first-order valence-electron chi connectivity index (χ1n) is 6.32. The summed E-state index contributed by atoms with van der Waals surface area (Å²) in [5.74, 6) is -0.311. The van der Waals surface area contributed by atoms with Crippen LogP contribution in [0.2, 0.25) is 0 Å². The molecule has 1 amide bonds. The number of aliphatic carboxylic acids is 1. The Morgan fingerprint density at radius 1 is 1.50 bits per heavy atom. The third-order valence-corrected chi connectivity index (χ3v) is 4.81. The maximum Gasteiger partial charge on any atom is 0.326 e. The number of carboxylic acids is 1. The fourth-order valence-electron chi connectivity index (χ4n) is 2.39. The van der Waals surface area contributed by atoms with Crippen molar-refractivity contribution in [3.63, 3.8) is 0 Å². The molecule has 0 bridgehead atoms. The van der Waals surface area contributed by atoms with Crippen LogP contribution in [0.5, 0.6) is 0 Å². The zero-order valence-electron chi connectivity index (χ0n) is 11.1.